The highest BCUT2D eigenvalue weighted by Crippen LogP contribution is 2.27. The minimum Gasteiger partial charge on any atom is -0.493 e. The van der Waals surface area contributed by atoms with Crippen LogP contribution < -0.4 is 4.74 Å². The van der Waals surface area contributed by atoms with Crippen LogP contribution in [0, 0.1) is 5.82 Å². The van der Waals surface area contributed by atoms with E-state index in [2.05, 4.69) is 0 Å². The van der Waals surface area contributed by atoms with Crippen LogP contribution in [-0.4, -0.2) is 41.2 Å². The fourth-order valence-corrected chi connectivity index (χ4v) is 2.76. The fraction of sp³-hybridized carbons (Fsp3) is 0.409. The van der Waals surface area contributed by atoms with Crippen LogP contribution in [0.2, 0.25) is 0 Å². The zero-order chi connectivity index (χ0) is 20.0. The Morgan fingerprint density at radius 3 is 2.44 bits per heavy atom. The first-order chi connectivity index (χ1) is 12.7. The number of ether oxygens (including phenoxy) is 1. The van der Waals surface area contributed by atoms with Crippen molar-refractivity contribution < 1.29 is 19.0 Å². The van der Waals surface area contributed by atoms with E-state index in [0.29, 0.717) is 36.4 Å². The first-order valence-corrected chi connectivity index (χ1v) is 9.29. The lowest BCUT2D eigenvalue weighted by Gasteiger charge is -2.19. The zero-order valence-corrected chi connectivity index (χ0v) is 16.5. The van der Waals surface area contributed by atoms with Gasteiger partial charge in [-0.1, -0.05) is 12.1 Å². The summed E-state index contributed by atoms with van der Waals surface area (Å²) < 4.78 is 19.7. The molecule has 0 unspecified atom stereocenters. The molecule has 0 aliphatic rings. The minimum absolute atomic E-state index is 0.0418. The van der Waals surface area contributed by atoms with Crippen LogP contribution in [0.3, 0.4) is 0 Å². The standard InChI is InChI=1S/C22H28FNO3/c1-5-24(6-2)21(25)17-9-7-8-16(12-17)18-13-19(23)15-20(14-18)27-11-10-22(3,4)26/h7-9,12-15,26H,5-6,10-11H2,1-4H3. The molecule has 27 heavy (non-hydrogen) atoms. The van der Waals surface area contributed by atoms with Crippen molar-refractivity contribution in [1.82, 2.24) is 4.90 Å². The van der Waals surface area contributed by atoms with Crippen molar-refractivity contribution in [2.75, 3.05) is 19.7 Å². The Bertz CT molecular complexity index is 779. The second kappa shape index (κ2) is 9.00. The van der Waals surface area contributed by atoms with E-state index in [-0.39, 0.29) is 12.5 Å². The molecule has 0 aliphatic heterocycles. The van der Waals surface area contributed by atoms with Gasteiger partial charge < -0.3 is 14.7 Å². The topological polar surface area (TPSA) is 49.8 Å². The molecule has 4 nitrogen and oxygen atoms in total. The highest BCUT2D eigenvalue weighted by molar-refractivity contribution is 5.95. The van der Waals surface area contributed by atoms with E-state index in [9.17, 15) is 14.3 Å². The van der Waals surface area contributed by atoms with Crippen molar-refractivity contribution in [2.45, 2.75) is 39.7 Å². The fourth-order valence-electron chi connectivity index (χ4n) is 2.76. The minimum atomic E-state index is -0.838. The van der Waals surface area contributed by atoms with Crippen LogP contribution in [0.25, 0.3) is 11.1 Å². The largest absolute Gasteiger partial charge is 0.493 e. The number of hydrogen-bond acceptors (Lipinski definition) is 3. The van der Waals surface area contributed by atoms with E-state index in [0.717, 1.165) is 5.56 Å². The number of amides is 1. The van der Waals surface area contributed by atoms with Crippen molar-refractivity contribution in [1.29, 1.82) is 0 Å². The summed E-state index contributed by atoms with van der Waals surface area (Å²) in [6.07, 6.45) is 0.437. The first-order valence-electron chi connectivity index (χ1n) is 9.29. The van der Waals surface area contributed by atoms with Gasteiger partial charge in [0.1, 0.15) is 11.6 Å². The van der Waals surface area contributed by atoms with Crippen LogP contribution in [0.15, 0.2) is 42.5 Å². The maximum Gasteiger partial charge on any atom is 0.253 e. The number of aliphatic hydroxyl groups is 1. The van der Waals surface area contributed by atoms with Gasteiger partial charge in [0, 0.05) is 31.1 Å². The summed E-state index contributed by atoms with van der Waals surface area (Å²) in [5.74, 6) is -0.0548. The Morgan fingerprint density at radius 1 is 1.11 bits per heavy atom. The Labute approximate surface area is 160 Å². The second-order valence-electron chi connectivity index (χ2n) is 7.14. The lowest BCUT2D eigenvalue weighted by molar-refractivity contribution is 0.0553. The van der Waals surface area contributed by atoms with Gasteiger partial charge in [0.05, 0.1) is 12.2 Å². The molecule has 5 heteroatoms. The molecule has 0 atom stereocenters. The van der Waals surface area contributed by atoms with E-state index < -0.39 is 11.4 Å². The molecule has 1 amide bonds. The Morgan fingerprint density at radius 2 is 1.81 bits per heavy atom. The SMILES string of the molecule is CCN(CC)C(=O)c1cccc(-c2cc(F)cc(OCCC(C)(C)O)c2)c1. The van der Waals surface area contributed by atoms with Gasteiger partial charge in [-0.05, 0) is 63.1 Å². The molecule has 146 valence electrons. The monoisotopic (exact) mass is 373 g/mol. The number of carbonyl (C=O) groups is 1. The van der Waals surface area contributed by atoms with Crippen molar-refractivity contribution in [3.8, 4) is 16.9 Å². The van der Waals surface area contributed by atoms with Gasteiger partial charge >= 0.3 is 0 Å². The molecule has 0 heterocycles. The van der Waals surface area contributed by atoms with Crippen LogP contribution in [0.4, 0.5) is 4.39 Å². The molecule has 2 aromatic carbocycles. The van der Waals surface area contributed by atoms with Gasteiger partial charge in [0.15, 0.2) is 0 Å². The Balaban J connectivity index is 2.25. The van der Waals surface area contributed by atoms with Crippen LogP contribution in [-0.2, 0) is 0 Å². The molecule has 2 rings (SSSR count). The third-order valence-electron chi connectivity index (χ3n) is 4.35. The number of nitrogens with zero attached hydrogens (tertiary/aromatic N) is 1. The molecular formula is C22H28FNO3. The van der Waals surface area contributed by atoms with Crippen LogP contribution in [0.1, 0.15) is 44.5 Å². The molecular weight excluding hydrogens is 345 g/mol. The van der Waals surface area contributed by atoms with Gasteiger partial charge in [-0.25, -0.2) is 4.39 Å². The van der Waals surface area contributed by atoms with Gasteiger partial charge in [-0.3, -0.25) is 4.79 Å². The van der Waals surface area contributed by atoms with Crippen molar-refractivity contribution in [3.63, 3.8) is 0 Å². The maximum atomic E-state index is 14.1. The van der Waals surface area contributed by atoms with E-state index >= 15 is 0 Å². The van der Waals surface area contributed by atoms with Gasteiger partial charge in [0.2, 0.25) is 0 Å². The van der Waals surface area contributed by atoms with Crippen molar-refractivity contribution in [3.05, 3.63) is 53.8 Å². The van der Waals surface area contributed by atoms with Gasteiger partial charge in [-0.2, -0.15) is 0 Å². The van der Waals surface area contributed by atoms with Crippen molar-refractivity contribution in [2.24, 2.45) is 0 Å². The summed E-state index contributed by atoms with van der Waals surface area (Å²) in [6.45, 7) is 8.84. The molecule has 0 spiro atoms. The zero-order valence-electron chi connectivity index (χ0n) is 16.5. The summed E-state index contributed by atoms with van der Waals surface area (Å²) in [7, 11) is 0. The summed E-state index contributed by atoms with van der Waals surface area (Å²) in [6, 6.07) is 11.7. The van der Waals surface area contributed by atoms with Crippen LogP contribution >= 0.6 is 0 Å². The molecule has 0 aliphatic carbocycles. The number of hydrogen-bond donors (Lipinski definition) is 1. The summed E-state index contributed by atoms with van der Waals surface area (Å²) in [5.41, 5.74) is 1.13. The van der Waals surface area contributed by atoms with Gasteiger partial charge in [0.25, 0.3) is 5.91 Å². The van der Waals surface area contributed by atoms with Crippen molar-refractivity contribution >= 4 is 5.91 Å². The predicted molar refractivity (Wildman–Crippen MR) is 105 cm³/mol. The molecule has 0 saturated heterocycles. The second-order valence-corrected chi connectivity index (χ2v) is 7.14. The molecule has 0 fully saturated rings. The lowest BCUT2D eigenvalue weighted by Crippen LogP contribution is -2.30. The van der Waals surface area contributed by atoms with E-state index in [1.807, 2.05) is 19.9 Å². The van der Waals surface area contributed by atoms with E-state index in [1.54, 1.807) is 43.0 Å². The average Bonchev–Trinajstić information content (AvgIpc) is 2.61. The number of rotatable bonds is 8. The lowest BCUT2D eigenvalue weighted by atomic mass is 10.0. The maximum absolute atomic E-state index is 14.1. The average molecular weight is 373 g/mol. The Kier molecular flexibility index (Phi) is 6.97. The smallest absolute Gasteiger partial charge is 0.253 e. The number of halogens is 1. The highest BCUT2D eigenvalue weighted by Gasteiger charge is 2.15. The molecule has 0 bridgehead atoms. The molecule has 0 radical (unpaired) electrons. The predicted octanol–water partition coefficient (Wildman–Crippen LogP) is 4.51. The van der Waals surface area contributed by atoms with E-state index in [4.69, 9.17) is 4.74 Å². The normalized spacial score (nSPS) is 11.3. The molecule has 0 aromatic heterocycles. The molecule has 2 aromatic rings. The first kappa shape index (κ1) is 20.9. The quantitative estimate of drug-likeness (QED) is 0.740. The van der Waals surface area contributed by atoms with E-state index in [1.165, 1.54) is 12.1 Å². The summed E-state index contributed by atoms with van der Waals surface area (Å²) in [5, 5.41) is 9.76. The summed E-state index contributed by atoms with van der Waals surface area (Å²) in [4.78, 5) is 14.3. The number of carbonyl (C=O) groups excluding carboxylic acids is 1. The van der Waals surface area contributed by atoms with Crippen LogP contribution in [0.5, 0.6) is 5.75 Å². The third kappa shape index (κ3) is 6.07. The third-order valence-corrected chi connectivity index (χ3v) is 4.35. The highest BCUT2D eigenvalue weighted by atomic mass is 19.1. The van der Waals surface area contributed by atoms with Gasteiger partial charge in [-0.15, -0.1) is 0 Å². The number of benzene rings is 2. The Hall–Kier alpha value is -2.40. The molecule has 1 N–H and O–H groups in total. The molecule has 0 saturated carbocycles. The summed E-state index contributed by atoms with van der Waals surface area (Å²) >= 11 is 0.